The Morgan fingerprint density at radius 3 is 0.968 bits per heavy atom. The Balaban J connectivity index is 3.20. The quantitative estimate of drug-likeness (QED) is 0.118. The van der Waals surface area contributed by atoms with Crippen LogP contribution in [0.2, 0.25) is 0 Å². The van der Waals surface area contributed by atoms with E-state index < -0.39 is 0 Å². The van der Waals surface area contributed by atoms with E-state index in [4.69, 9.17) is 0 Å². The molecule has 0 nitrogen and oxygen atoms in total. The van der Waals surface area contributed by atoms with Crippen molar-refractivity contribution in [3.63, 3.8) is 0 Å². The van der Waals surface area contributed by atoms with E-state index in [1.807, 2.05) is 11.8 Å². The lowest BCUT2D eigenvalue weighted by molar-refractivity contribution is 0.558. The number of thioether (sulfide) groups is 1. The first-order valence-electron chi connectivity index (χ1n) is 13.9. The first kappa shape index (κ1) is 30.5. The van der Waals surface area contributed by atoms with Crippen molar-refractivity contribution in [2.75, 3.05) is 11.5 Å². The van der Waals surface area contributed by atoms with E-state index in [0.717, 1.165) is 24.3 Å². The van der Waals surface area contributed by atoms with Crippen molar-refractivity contribution in [1.29, 1.82) is 0 Å². The molecular formula is C30H54S. The van der Waals surface area contributed by atoms with Gasteiger partial charge in [0.05, 0.1) is 11.5 Å². The molecule has 0 N–H and O–H groups in total. The number of hydrogen-bond acceptors (Lipinski definition) is 1. The minimum Gasteiger partial charge on any atom is -0.136 e. The maximum Gasteiger partial charge on any atom is 0.0557 e. The van der Waals surface area contributed by atoms with Gasteiger partial charge in [-0.05, 0) is 12.8 Å². The van der Waals surface area contributed by atoms with Crippen LogP contribution in [0.5, 0.6) is 0 Å². The minimum absolute atomic E-state index is 0.949. The van der Waals surface area contributed by atoms with Gasteiger partial charge in [0.25, 0.3) is 0 Å². The normalized spacial score (nSPS) is 10.4. The third-order valence-corrected chi connectivity index (χ3v) is 6.61. The maximum atomic E-state index is 3.34. The van der Waals surface area contributed by atoms with Gasteiger partial charge in [0.1, 0.15) is 0 Å². The van der Waals surface area contributed by atoms with E-state index in [2.05, 4.69) is 37.5 Å². The number of rotatable bonds is 22. The molecule has 1 heteroatoms. The first-order chi connectivity index (χ1) is 15.4. The summed E-state index contributed by atoms with van der Waals surface area (Å²) in [6.07, 6.45) is 30.2. The summed E-state index contributed by atoms with van der Waals surface area (Å²) in [5.74, 6) is 15.2. The summed E-state index contributed by atoms with van der Waals surface area (Å²) in [6, 6.07) is 0. The molecule has 0 aromatic heterocycles. The molecule has 31 heavy (non-hydrogen) atoms. The molecule has 0 aliphatic heterocycles. The van der Waals surface area contributed by atoms with Gasteiger partial charge in [0.15, 0.2) is 0 Å². The zero-order chi connectivity index (χ0) is 22.5. The molecule has 0 atom stereocenters. The summed E-state index contributed by atoms with van der Waals surface area (Å²) in [5, 5.41) is 0. The molecule has 0 unspecified atom stereocenters. The van der Waals surface area contributed by atoms with E-state index in [1.165, 1.54) is 128 Å². The highest BCUT2D eigenvalue weighted by Crippen LogP contribution is 2.12. The summed E-state index contributed by atoms with van der Waals surface area (Å²) in [4.78, 5) is 0. The molecule has 0 aliphatic carbocycles. The largest absolute Gasteiger partial charge is 0.136 e. The van der Waals surface area contributed by atoms with Crippen LogP contribution in [0.3, 0.4) is 0 Å². The van der Waals surface area contributed by atoms with Gasteiger partial charge in [0.2, 0.25) is 0 Å². The molecule has 0 aliphatic rings. The monoisotopic (exact) mass is 446 g/mol. The molecule has 0 fully saturated rings. The van der Waals surface area contributed by atoms with Crippen molar-refractivity contribution < 1.29 is 0 Å². The summed E-state index contributed by atoms with van der Waals surface area (Å²) in [6.45, 7) is 4.58. The van der Waals surface area contributed by atoms with Crippen molar-refractivity contribution in [3.8, 4) is 23.7 Å². The second kappa shape index (κ2) is 29.5. The van der Waals surface area contributed by atoms with Crippen LogP contribution in [-0.4, -0.2) is 11.5 Å². The van der Waals surface area contributed by atoms with Crippen molar-refractivity contribution in [3.05, 3.63) is 0 Å². The molecule has 0 aromatic carbocycles. The fraction of sp³-hybridized carbons (Fsp3) is 0.867. The first-order valence-corrected chi connectivity index (χ1v) is 15.1. The number of unbranched alkanes of at least 4 members (excludes halogenated alkanes) is 20. The number of hydrogen-bond donors (Lipinski definition) is 0. The highest BCUT2D eigenvalue weighted by Gasteiger charge is 1.93. The highest BCUT2D eigenvalue weighted by molar-refractivity contribution is 7.99. The van der Waals surface area contributed by atoms with Crippen LogP contribution < -0.4 is 0 Å². The molecule has 180 valence electrons. The summed E-state index contributed by atoms with van der Waals surface area (Å²) in [5.41, 5.74) is 0. The standard InChI is InChI=1S/C30H54S/c1-3-5-7-9-11-13-15-17-19-21-23-25-27-29-31-30-28-26-24-22-20-18-16-14-12-10-8-6-4-2/h3-24,29-30H2,1-2H3. The maximum absolute atomic E-state index is 3.34. The molecule has 0 bridgehead atoms. The Hall–Kier alpha value is -0.530. The predicted octanol–water partition coefficient (Wildman–Crippen LogP) is 10.3. The second-order valence-electron chi connectivity index (χ2n) is 9.06. The Labute approximate surface area is 201 Å². The zero-order valence-electron chi connectivity index (χ0n) is 21.4. The van der Waals surface area contributed by atoms with Crippen LogP contribution in [0, 0.1) is 23.7 Å². The Bertz CT molecular complexity index is 403. The van der Waals surface area contributed by atoms with Crippen molar-refractivity contribution in [1.82, 2.24) is 0 Å². The molecular weight excluding hydrogens is 392 g/mol. The molecule has 0 amide bonds. The highest BCUT2D eigenvalue weighted by atomic mass is 32.2. The van der Waals surface area contributed by atoms with Gasteiger partial charge in [-0.2, -0.15) is 0 Å². The molecule has 0 spiro atoms. The van der Waals surface area contributed by atoms with E-state index in [1.54, 1.807) is 0 Å². The van der Waals surface area contributed by atoms with Crippen LogP contribution in [0.25, 0.3) is 0 Å². The van der Waals surface area contributed by atoms with Gasteiger partial charge < -0.3 is 0 Å². The van der Waals surface area contributed by atoms with Gasteiger partial charge in [-0.15, -0.1) is 23.6 Å². The van der Waals surface area contributed by atoms with E-state index in [9.17, 15) is 0 Å². The van der Waals surface area contributed by atoms with Crippen molar-refractivity contribution in [2.24, 2.45) is 0 Å². The second-order valence-corrected chi connectivity index (χ2v) is 10.0. The van der Waals surface area contributed by atoms with Crippen LogP contribution in [0.4, 0.5) is 0 Å². The molecule has 0 aromatic rings. The molecule has 0 rings (SSSR count). The van der Waals surface area contributed by atoms with Crippen LogP contribution >= 0.6 is 11.8 Å². The van der Waals surface area contributed by atoms with E-state index in [-0.39, 0.29) is 0 Å². The summed E-state index contributed by atoms with van der Waals surface area (Å²) < 4.78 is 0. The van der Waals surface area contributed by atoms with Gasteiger partial charge in [0, 0.05) is 12.8 Å². The average molecular weight is 447 g/mol. The van der Waals surface area contributed by atoms with Crippen molar-refractivity contribution >= 4 is 11.8 Å². The van der Waals surface area contributed by atoms with Crippen LogP contribution in [0.15, 0.2) is 0 Å². The summed E-state index contributed by atoms with van der Waals surface area (Å²) >= 11 is 1.87. The lowest BCUT2D eigenvalue weighted by Crippen LogP contribution is -1.82. The van der Waals surface area contributed by atoms with E-state index in [0.29, 0.717) is 0 Å². The fourth-order valence-corrected chi connectivity index (χ4v) is 4.34. The van der Waals surface area contributed by atoms with Gasteiger partial charge in [-0.1, -0.05) is 141 Å². The lowest BCUT2D eigenvalue weighted by Gasteiger charge is -2.00. The molecule has 0 saturated carbocycles. The van der Waals surface area contributed by atoms with E-state index >= 15 is 0 Å². The molecule has 0 saturated heterocycles. The topological polar surface area (TPSA) is 0 Å². The Morgan fingerprint density at radius 2 is 0.645 bits per heavy atom. The van der Waals surface area contributed by atoms with Gasteiger partial charge >= 0.3 is 0 Å². The summed E-state index contributed by atoms with van der Waals surface area (Å²) in [7, 11) is 0. The smallest absolute Gasteiger partial charge is 0.0557 e. The molecule has 0 radical (unpaired) electrons. The van der Waals surface area contributed by atoms with Crippen LogP contribution in [-0.2, 0) is 0 Å². The Kier molecular flexibility index (Phi) is 29.0. The molecule has 0 heterocycles. The third-order valence-electron chi connectivity index (χ3n) is 5.91. The zero-order valence-corrected chi connectivity index (χ0v) is 22.2. The lowest BCUT2D eigenvalue weighted by atomic mass is 10.1. The third kappa shape index (κ3) is 29.5. The minimum atomic E-state index is 0.949. The Morgan fingerprint density at radius 1 is 0.355 bits per heavy atom. The van der Waals surface area contributed by atoms with Crippen LogP contribution in [0.1, 0.15) is 155 Å². The fourth-order valence-electron chi connectivity index (χ4n) is 3.83. The van der Waals surface area contributed by atoms with Gasteiger partial charge in [-0.25, -0.2) is 0 Å². The average Bonchev–Trinajstić information content (AvgIpc) is 2.78. The van der Waals surface area contributed by atoms with Crippen molar-refractivity contribution in [2.45, 2.75) is 155 Å². The predicted molar refractivity (Wildman–Crippen MR) is 146 cm³/mol. The van der Waals surface area contributed by atoms with Gasteiger partial charge in [-0.3, -0.25) is 0 Å². The SMILES string of the molecule is CCCCCCCCCCCCC#CCSCC#CCCCCCCCCCCCC.